The van der Waals surface area contributed by atoms with Crippen molar-refractivity contribution in [1.29, 1.82) is 0 Å². The average Bonchev–Trinajstić information content (AvgIpc) is 2.60. The molecule has 0 bridgehead atoms. The van der Waals surface area contributed by atoms with Gasteiger partial charge in [-0.15, -0.1) is 24.0 Å². The number of nitrogens with zero attached hydrogens (tertiary/aromatic N) is 2. The summed E-state index contributed by atoms with van der Waals surface area (Å²) in [6.45, 7) is 6.93. The molecule has 2 N–H and O–H groups in total. The Balaban J connectivity index is 0.00000338. The lowest BCUT2D eigenvalue weighted by Gasteiger charge is -2.25. The molecule has 1 aromatic rings. The van der Waals surface area contributed by atoms with Crippen molar-refractivity contribution < 1.29 is 8.42 Å². The molecule has 0 spiro atoms. The van der Waals surface area contributed by atoms with Crippen molar-refractivity contribution in [2.24, 2.45) is 4.99 Å². The van der Waals surface area contributed by atoms with E-state index in [0.717, 1.165) is 23.6 Å². The topological polar surface area (TPSA) is 73.8 Å². The van der Waals surface area contributed by atoms with Gasteiger partial charge in [0.25, 0.3) is 0 Å². The molecule has 2 rings (SSSR count). The van der Waals surface area contributed by atoms with Crippen LogP contribution in [-0.2, 0) is 16.6 Å². The first-order chi connectivity index (χ1) is 12.0. The van der Waals surface area contributed by atoms with Crippen molar-refractivity contribution in [3.63, 3.8) is 0 Å². The zero-order valence-electron chi connectivity index (χ0n) is 15.4. The number of guanidine groups is 1. The van der Waals surface area contributed by atoms with Gasteiger partial charge in [0.1, 0.15) is 0 Å². The number of hydrogen-bond donors (Lipinski definition) is 2. The van der Waals surface area contributed by atoms with Crippen molar-refractivity contribution >= 4 is 51.7 Å². The van der Waals surface area contributed by atoms with Gasteiger partial charge in [0.05, 0.1) is 12.3 Å². The van der Waals surface area contributed by atoms with Crippen molar-refractivity contribution in [3.8, 4) is 0 Å². The lowest BCUT2D eigenvalue weighted by Crippen LogP contribution is -2.44. The molecule has 1 aromatic carbocycles. The van der Waals surface area contributed by atoms with E-state index in [4.69, 9.17) is 0 Å². The van der Waals surface area contributed by atoms with E-state index in [1.165, 1.54) is 5.56 Å². The fourth-order valence-electron chi connectivity index (χ4n) is 2.57. The van der Waals surface area contributed by atoms with E-state index in [9.17, 15) is 8.42 Å². The summed E-state index contributed by atoms with van der Waals surface area (Å²) in [6.07, 6.45) is 0. The Morgan fingerprint density at radius 3 is 2.65 bits per heavy atom. The molecule has 0 aromatic heterocycles. The first-order valence-corrected chi connectivity index (χ1v) is 11.4. The van der Waals surface area contributed by atoms with Crippen molar-refractivity contribution in [3.05, 3.63) is 35.4 Å². The average molecular weight is 512 g/mol. The highest BCUT2D eigenvalue weighted by molar-refractivity contribution is 14.0. The summed E-state index contributed by atoms with van der Waals surface area (Å²) in [6, 6.07) is 8.22. The monoisotopic (exact) mass is 512 g/mol. The second kappa shape index (κ2) is 12.0. The van der Waals surface area contributed by atoms with E-state index in [-0.39, 0.29) is 29.7 Å². The first-order valence-electron chi connectivity index (χ1n) is 8.64. The Bertz CT molecular complexity index is 677. The maximum atomic E-state index is 12.4. The van der Waals surface area contributed by atoms with Crippen LogP contribution in [0.15, 0.2) is 29.3 Å². The normalized spacial score (nSPS) is 16.0. The summed E-state index contributed by atoms with van der Waals surface area (Å²) >= 11 is 1.80. The Morgan fingerprint density at radius 1 is 1.27 bits per heavy atom. The highest BCUT2D eigenvalue weighted by Gasteiger charge is 2.23. The first kappa shape index (κ1) is 23.5. The molecule has 0 atom stereocenters. The number of aryl methyl sites for hydroxylation is 1. The molecule has 9 heteroatoms. The van der Waals surface area contributed by atoms with E-state index < -0.39 is 10.0 Å². The van der Waals surface area contributed by atoms with E-state index in [0.29, 0.717) is 32.1 Å². The van der Waals surface area contributed by atoms with Gasteiger partial charge in [0, 0.05) is 37.7 Å². The largest absolute Gasteiger partial charge is 0.357 e. The lowest BCUT2D eigenvalue weighted by molar-refractivity contribution is 0.443. The smallest absolute Gasteiger partial charge is 0.215 e. The lowest BCUT2D eigenvalue weighted by atomic mass is 10.1. The number of halogens is 1. The Labute approximate surface area is 178 Å². The minimum Gasteiger partial charge on any atom is -0.357 e. The van der Waals surface area contributed by atoms with Crippen molar-refractivity contribution in [2.75, 3.05) is 43.4 Å². The molecule has 6 nitrogen and oxygen atoms in total. The molecule has 0 saturated carbocycles. The summed E-state index contributed by atoms with van der Waals surface area (Å²) in [4.78, 5) is 4.54. The van der Waals surface area contributed by atoms with Crippen LogP contribution < -0.4 is 10.6 Å². The van der Waals surface area contributed by atoms with E-state index >= 15 is 0 Å². The zero-order valence-corrected chi connectivity index (χ0v) is 19.4. The van der Waals surface area contributed by atoms with Crippen LogP contribution in [0.3, 0.4) is 0 Å². The van der Waals surface area contributed by atoms with Crippen LogP contribution >= 0.6 is 35.7 Å². The Kier molecular flexibility index (Phi) is 10.9. The molecule has 148 valence electrons. The quantitative estimate of drug-likeness (QED) is 0.333. The molecule has 0 unspecified atom stereocenters. The molecule has 1 aliphatic heterocycles. The third-order valence-electron chi connectivity index (χ3n) is 3.86. The zero-order chi connectivity index (χ0) is 18.1. The molecule has 1 saturated heterocycles. The van der Waals surface area contributed by atoms with Gasteiger partial charge in [0.2, 0.25) is 10.0 Å². The predicted octanol–water partition coefficient (Wildman–Crippen LogP) is 2.05. The number of hydrogen-bond acceptors (Lipinski definition) is 4. The highest BCUT2D eigenvalue weighted by Crippen LogP contribution is 2.13. The highest BCUT2D eigenvalue weighted by atomic mass is 127. The summed E-state index contributed by atoms with van der Waals surface area (Å²) in [7, 11) is -3.19. The third-order valence-corrected chi connectivity index (χ3v) is 6.68. The van der Waals surface area contributed by atoms with Gasteiger partial charge in [-0.1, -0.05) is 29.8 Å². The molecule has 0 amide bonds. The molecule has 0 aliphatic carbocycles. The molecule has 26 heavy (non-hydrogen) atoms. The minimum absolute atomic E-state index is 0. The van der Waals surface area contributed by atoms with Gasteiger partial charge in [-0.3, -0.25) is 0 Å². The second-order valence-corrected chi connectivity index (χ2v) is 9.25. The Morgan fingerprint density at radius 2 is 2.00 bits per heavy atom. The molecular formula is C17H29IN4O2S2. The van der Waals surface area contributed by atoms with Crippen LogP contribution in [0.5, 0.6) is 0 Å². The number of aliphatic imine (C=N–C) groups is 1. The summed E-state index contributed by atoms with van der Waals surface area (Å²) < 4.78 is 26.3. The minimum atomic E-state index is -3.19. The van der Waals surface area contributed by atoms with Gasteiger partial charge < -0.3 is 10.6 Å². The number of sulfonamides is 1. The van der Waals surface area contributed by atoms with Gasteiger partial charge in [0.15, 0.2) is 5.96 Å². The van der Waals surface area contributed by atoms with Crippen LogP contribution in [0.1, 0.15) is 18.1 Å². The summed E-state index contributed by atoms with van der Waals surface area (Å²) in [5.74, 6) is 2.50. The Hall–Kier alpha value is -0.520. The number of nitrogens with one attached hydrogen (secondary N) is 2. The fourth-order valence-corrected chi connectivity index (χ4v) is 5.07. The number of thioether (sulfide) groups is 1. The van der Waals surface area contributed by atoms with Gasteiger partial charge >= 0.3 is 0 Å². The van der Waals surface area contributed by atoms with Gasteiger partial charge in [-0.2, -0.15) is 11.8 Å². The van der Waals surface area contributed by atoms with E-state index in [1.54, 1.807) is 16.1 Å². The van der Waals surface area contributed by atoms with Crippen molar-refractivity contribution in [1.82, 2.24) is 14.9 Å². The van der Waals surface area contributed by atoms with E-state index in [2.05, 4.69) is 34.7 Å². The number of rotatable bonds is 7. The van der Waals surface area contributed by atoms with Crippen molar-refractivity contribution in [2.45, 2.75) is 20.4 Å². The van der Waals surface area contributed by atoms with E-state index in [1.807, 2.05) is 19.1 Å². The molecular weight excluding hydrogens is 483 g/mol. The summed E-state index contributed by atoms with van der Waals surface area (Å²) in [5, 5.41) is 6.29. The molecule has 1 fully saturated rings. The second-order valence-electron chi connectivity index (χ2n) is 5.94. The maximum Gasteiger partial charge on any atom is 0.215 e. The van der Waals surface area contributed by atoms with Gasteiger partial charge in [-0.05, 0) is 19.4 Å². The fraction of sp³-hybridized carbons (Fsp3) is 0.588. The van der Waals surface area contributed by atoms with Gasteiger partial charge in [-0.25, -0.2) is 17.7 Å². The molecule has 1 aliphatic rings. The molecule has 0 radical (unpaired) electrons. The molecule has 1 heterocycles. The standard InChI is InChI=1S/C17H28N4O2S2.HI/c1-3-18-17(20-14-16-6-4-5-15(2)13-16)19-7-12-25(22,23)21-8-10-24-11-9-21;/h4-6,13H,3,7-12,14H2,1-2H3,(H2,18,19,20);1H. The maximum absolute atomic E-state index is 12.4. The number of benzene rings is 1. The van der Waals surface area contributed by atoms with Crippen LogP contribution in [0.25, 0.3) is 0 Å². The van der Waals surface area contributed by atoms with Crippen LogP contribution in [0, 0.1) is 6.92 Å². The van der Waals surface area contributed by atoms with Crippen LogP contribution in [0.4, 0.5) is 0 Å². The van der Waals surface area contributed by atoms with Crippen LogP contribution in [-0.4, -0.2) is 62.1 Å². The summed E-state index contributed by atoms with van der Waals surface area (Å²) in [5.41, 5.74) is 2.34. The third kappa shape index (κ3) is 8.01. The van der Waals surface area contributed by atoms with Crippen LogP contribution in [0.2, 0.25) is 0 Å². The predicted molar refractivity (Wildman–Crippen MR) is 122 cm³/mol. The SMILES string of the molecule is CCNC(=NCc1cccc(C)c1)NCCS(=O)(=O)N1CCSCC1.I.